The second-order valence-corrected chi connectivity index (χ2v) is 7.07. The van der Waals surface area contributed by atoms with Gasteiger partial charge in [-0.1, -0.05) is 25.4 Å². The van der Waals surface area contributed by atoms with Crippen LogP contribution in [-0.4, -0.2) is 17.1 Å². The monoisotopic (exact) mass is 360 g/mol. The topological polar surface area (TPSA) is 35.0 Å². The summed E-state index contributed by atoms with van der Waals surface area (Å²) in [7, 11) is 1.66. The minimum Gasteiger partial charge on any atom is -0.378 e. The Hall–Kier alpha value is -0.190. The number of hydrogen-bond donors (Lipinski definition) is 0. The molecular formula is C15H22BrClN2O. The maximum Gasteiger partial charge on any atom is 0.147 e. The van der Waals surface area contributed by atoms with Crippen LogP contribution in [0.2, 0.25) is 5.15 Å². The molecule has 1 saturated carbocycles. The summed E-state index contributed by atoms with van der Waals surface area (Å²) < 4.78 is 5.93. The minimum absolute atomic E-state index is 0.436. The van der Waals surface area contributed by atoms with Crippen molar-refractivity contribution in [2.75, 3.05) is 7.11 Å². The van der Waals surface area contributed by atoms with Crippen molar-refractivity contribution in [3.8, 4) is 0 Å². The summed E-state index contributed by atoms with van der Waals surface area (Å²) in [5, 5.41) is 0.494. The normalized spacial score (nSPS) is 23.3. The van der Waals surface area contributed by atoms with Crippen molar-refractivity contribution >= 4 is 27.5 Å². The molecule has 0 unspecified atom stereocenters. The van der Waals surface area contributed by atoms with Crippen molar-refractivity contribution in [2.24, 2.45) is 11.8 Å². The van der Waals surface area contributed by atoms with E-state index in [9.17, 15) is 0 Å². The number of rotatable bonds is 4. The average Bonchev–Trinajstić information content (AvgIpc) is 2.44. The van der Waals surface area contributed by atoms with E-state index in [-0.39, 0.29) is 0 Å². The lowest BCUT2D eigenvalue weighted by atomic mass is 9.77. The Morgan fingerprint density at radius 3 is 2.45 bits per heavy atom. The van der Waals surface area contributed by atoms with Crippen LogP contribution in [0, 0.1) is 11.8 Å². The zero-order valence-electron chi connectivity index (χ0n) is 12.3. The van der Waals surface area contributed by atoms with Crippen molar-refractivity contribution in [3.05, 3.63) is 21.1 Å². The van der Waals surface area contributed by atoms with Crippen LogP contribution >= 0.6 is 27.5 Å². The minimum atomic E-state index is 0.436. The molecule has 0 radical (unpaired) electrons. The first kappa shape index (κ1) is 16.2. The molecule has 0 amide bonds. The Morgan fingerprint density at radius 2 is 1.90 bits per heavy atom. The molecule has 2 rings (SSSR count). The third-order valence-electron chi connectivity index (χ3n) is 4.26. The van der Waals surface area contributed by atoms with Gasteiger partial charge in [0.15, 0.2) is 0 Å². The predicted molar refractivity (Wildman–Crippen MR) is 85.0 cm³/mol. The van der Waals surface area contributed by atoms with Gasteiger partial charge in [-0.25, -0.2) is 9.97 Å². The van der Waals surface area contributed by atoms with Gasteiger partial charge in [0.1, 0.15) is 11.0 Å². The van der Waals surface area contributed by atoms with Gasteiger partial charge >= 0.3 is 0 Å². The molecule has 0 aliphatic heterocycles. The molecule has 112 valence electrons. The van der Waals surface area contributed by atoms with Gasteiger partial charge in [0.25, 0.3) is 0 Å². The van der Waals surface area contributed by atoms with Gasteiger partial charge in [0, 0.05) is 13.0 Å². The molecule has 1 aliphatic rings. The Kier molecular flexibility index (Phi) is 5.82. The quantitative estimate of drug-likeness (QED) is 0.710. The van der Waals surface area contributed by atoms with E-state index in [0.29, 0.717) is 17.7 Å². The molecule has 1 fully saturated rings. The molecule has 1 aliphatic carbocycles. The Bertz CT molecular complexity index is 459. The number of halogens is 2. The number of hydrogen-bond acceptors (Lipinski definition) is 3. The largest absolute Gasteiger partial charge is 0.378 e. The molecule has 0 aromatic carbocycles. The van der Waals surface area contributed by atoms with Gasteiger partial charge < -0.3 is 4.74 Å². The van der Waals surface area contributed by atoms with Gasteiger partial charge in [0.2, 0.25) is 0 Å². The lowest BCUT2D eigenvalue weighted by molar-refractivity contribution is 0.180. The summed E-state index contributed by atoms with van der Waals surface area (Å²) in [6.45, 7) is 5.08. The molecule has 5 heteroatoms. The first-order valence-corrected chi connectivity index (χ1v) is 8.40. The molecule has 0 bridgehead atoms. The summed E-state index contributed by atoms with van der Waals surface area (Å²) in [6, 6.07) is 0. The molecule has 0 spiro atoms. The Balaban J connectivity index is 2.13. The van der Waals surface area contributed by atoms with Crippen LogP contribution in [0.15, 0.2) is 4.47 Å². The molecule has 0 N–H and O–H groups in total. The molecule has 3 nitrogen and oxygen atoms in total. The van der Waals surface area contributed by atoms with E-state index in [4.69, 9.17) is 16.3 Å². The molecule has 0 saturated heterocycles. The molecule has 0 atom stereocenters. The Labute approximate surface area is 134 Å². The van der Waals surface area contributed by atoms with Crippen molar-refractivity contribution in [1.82, 2.24) is 9.97 Å². The highest BCUT2D eigenvalue weighted by molar-refractivity contribution is 9.10. The first-order chi connectivity index (χ1) is 9.52. The van der Waals surface area contributed by atoms with Crippen LogP contribution in [0.4, 0.5) is 0 Å². The first-order valence-electron chi connectivity index (χ1n) is 7.23. The fraction of sp³-hybridized carbons (Fsp3) is 0.733. The fourth-order valence-electron chi connectivity index (χ4n) is 2.94. The van der Waals surface area contributed by atoms with Gasteiger partial charge in [-0.15, -0.1) is 0 Å². The highest BCUT2D eigenvalue weighted by Gasteiger charge is 2.26. The molecule has 1 heterocycles. The lowest BCUT2D eigenvalue weighted by Crippen LogP contribution is -2.19. The summed E-state index contributed by atoms with van der Waals surface area (Å²) in [6.07, 6.45) is 4.85. The van der Waals surface area contributed by atoms with Gasteiger partial charge in [-0.05, 0) is 53.4 Å². The van der Waals surface area contributed by atoms with Gasteiger partial charge in [0.05, 0.1) is 16.8 Å². The van der Waals surface area contributed by atoms with E-state index in [1.165, 1.54) is 12.8 Å². The van der Waals surface area contributed by atoms with E-state index < -0.39 is 0 Å². The summed E-state index contributed by atoms with van der Waals surface area (Å²) in [5.41, 5.74) is 0.841. The van der Waals surface area contributed by atoms with E-state index in [1.807, 2.05) is 0 Å². The van der Waals surface area contributed by atoms with Crippen LogP contribution in [0.1, 0.15) is 57.0 Å². The fourth-order valence-corrected chi connectivity index (χ4v) is 3.43. The van der Waals surface area contributed by atoms with Gasteiger partial charge in [-0.3, -0.25) is 0 Å². The predicted octanol–water partition coefficient (Wildman–Crippen LogP) is 4.97. The van der Waals surface area contributed by atoms with Gasteiger partial charge in [-0.2, -0.15) is 0 Å². The summed E-state index contributed by atoms with van der Waals surface area (Å²) >= 11 is 9.63. The standard InChI is InChI=1S/C15H22BrClN2O/c1-9(2)10-4-6-11(7-5-10)15-18-12(8-20-3)13(16)14(17)19-15/h9-11H,4-8H2,1-3H3. The summed E-state index contributed by atoms with van der Waals surface area (Å²) in [5.74, 6) is 2.93. The van der Waals surface area contributed by atoms with Crippen molar-refractivity contribution in [1.29, 1.82) is 0 Å². The SMILES string of the molecule is COCc1nc(C2CCC(C(C)C)CC2)nc(Cl)c1Br. The zero-order chi connectivity index (χ0) is 14.7. The summed E-state index contributed by atoms with van der Waals surface area (Å²) in [4.78, 5) is 9.11. The molecule has 1 aromatic rings. The van der Waals surface area contributed by atoms with E-state index in [2.05, 4.69) is 39.7 Å². The van der Waals surface area contributed by atoms with Crippen LogP contribution in [-0.2, 0) is 11.3 Å². The number of nitrogens with zero attached hydrogens (tertiary/aromatic N) is 2. The average molecular weight is 362 g/mol. The number of ether oxygens (including phenoxy) is 1. The smallest absolute Gasteiger partial charge is 0.147 e. The maximum atomic E-state index is 6.20. The molecular weight excluding hydrogens is 340 g/mol. The number of aromatic nitrogens is 2. The molecule has 20 heavy (non-hydrogen) atoms. The van der Waals surface area contributed by atoms with Crippen LogP contribution in [0.25, 0.3) is 0 Å². The van der Waals surface area contributed by atoms with Crippen LogP contribution in [0.3, 0.4) is 0 Å². The number of methoxy groups -OCH3 is 1. The van der Waals surface area contributed by atoms with E-state index >= 15 is 0 Å². The second-order valence-electron chi connectivity index (χ2n) is 5.92. The highest BCUT2D eigenvalue weighted by Crippen LogP contribution is 2.38. The highest BCUT2D eigenvalue weighted by atomic mass is 79.9. The van der Waals surface area contributed by atoms with Crippen molar-refractivity contribution < 1.29 is 4.74 Å². The van der Waals surface area contributed by atoms with E-state index in [1.54, 1.807) is 7.11 Å². The Morgan fingerprint density at radius 1 is 1.25 bits per heavy atom. The third-order valence-corrected chi connectivity index (χ3v) is 5.59. The van der Waals surface area contributed by atoms with Crippen molar-refractivity contribution in [2.45, 2.75) is 52.1 Å². The molecule has 1 aromatic heterocycles. The zero-order valence-corrected chi connectivity index (χ0v) is 14.7. The third kappa shape index (κ3) is 3.71. The lowest BCUT2D eigenvalue weighted by Gasteiger charge is -2.30. The maximum absolute atomic E-state index is 6.20. The second kappa shape index (κ2) is 7.19. The van der Waals surface area contributed by atoms with Crippen molar-refractivity contribution in [3.63, 3.8) is 0 Å². The van der Waals surface area contributed by atoms with E-state index in [0.717, 1.165) is 40.7 Å². The van der Waals surface area contributed by atoms with Crippen LogP contribution < -0.4 is 0 Å². The van der Waals surface area contributed by atoms with Crippen LogP contribution in [0.5, 0.6) is 0 Å².